The number of benzene rings is 2. The van der Waals surface area contributed by atoms with E-state index in [1.807, 2.05) is 23.9 Å². The molecule has 0 unspecified atom stereocenters. The second kappa shape index (κ2) is 7.62. The van der Waals surface area contributed by atoms with Crippen LogP contribution in [0, 0.1) is 0 Å². The van der Waals surface area contributed by atoms with Crippen LogP contribution in [0.4, 0.5) is 0 Å². The summed E-state index contributed by atoms with van der Waals surface area (Å²) in [6.07, 6.45) is 4.81. The second-order valence-electron chi connectivity index (χ2n) is 6.73. The van der Waals surface area contributed by atoms with Gasteiger partial charge in [-0.15, -0.1) is 11.8 Å². The van der Waals surface area contributed by atoms with Crippen molar-refractivity contribution in [2.75, 3.05) is 5.75 Å². The maximum Gasteiger partial charge on any atom is 0.115 e. The molecule has 2 N–H and O–H groups in total. The molecule has 128 valence electrons. The lowest BCUT2D eigenvalue weighted by molar-refractivity contribution is 0.298. The van der Waals surface area contributed by atoms with Crippen LogP contribution in [-0.4, -0.2) is 16.4 Å². The van der Waals surface area contributed by atoms with Crippen molar-refractivity contribution in [2.45, 2.75) is 56.0 Å². The molecule has 3 rings (SSSR count). The molecule has 0 spiro atoms. The fourth-order valence-corrected chi connectivity index (χ4v) is 4.85. The van der Waals surface area contributed by atoms with Crippen molar-refractivity contribution < 1.29 is 5.11 Å². The third-order valence-corrected chi connectivity index (χ3v) is 6.48. The predicted octanol–water partition coefficient (Wildman–Crippen LogP) is 5.52. The van der Waals surface area contributed by atoms with Crippen LogP contribution in [-0.2, 0) is 0 Å². The van der Waals surface area contributed by atoms with Crippen LogP contribution in [0.2, 0.25) is 0 Å². The number of phenolic OH excluding ortho intramolecular Hbond substituents is 1. The molecule has 24 heavy (non-hydrogen) atoms. The summed E-state index contributed by atoms with van der Waals surface area (Å²) in [6, 6.07) is 16.6. The molecular formula is C21H27NOS. The van der Waals surface area contributed by atoms with Gasteiger partial charge in [0.05, 0.1) is 6.04 Å². The zero-order valence-electron chi connectivity index (χ0n) is 14.6. The van der Waals surface area contributed by atoms with Crippen molar-refractivity contribution in [3.63, 3.8) is 0 Å². The van der Waals surface area contributed by atoms with Crippen molar-refractivity contribution >= 4 is 11.8 Å². The first-order valence-electron chi connectivity index (χ1n) is 8.96. The van der Waals surface area contributed by atoms with Crippen molar-refractivity contribution in [1.82, 2.24) is 5.32 Å². The minimum Gasteiger partial charge on any atom is -0.508 e. The molecule has 2 atom stereocenters. The SMILES string of the molecule is CCCC[C@@]1(CC)CSc2ccccc2[C@H](c2ccc(O)cc2)N1. The number of phenols is 1. The Kier molecular flexibility index (Phi) is 5.52. The Morgan fingerprint density at radius 1 is 1.12 bits per heavy atom. The van der Waals surface area contributed by atoms with E-state index >= 15 is 0 Å². The Morgan fingerprint density at radius 2 is 1.88 bits per heavy atom. The normalized spacial score (nSPS) is 23.5. The number of aromatic hydroxyl groups is 1. The molecule has 0 saturated heterocycles. The van der Waals surface area contributed by atoms with Crippen LogP contribution in [0.15, 0.2) is 53.4 Å². The molecule has 0 saturated carbocycles. The highest BCUT2D eigenvalue weighted by Crippen LogP contribution is 2.40. The van der Waals surface area contributed by atoms with Gasteiger partial charge >= 0.3 is 0 Å². The molecule has 0 fully saturated rings. The number of fused-ring (bicyclic) bond motifs is 1. The molecule has 2 aromatic rings. The first kappa shape index (κ1) is 17.4. The van der Waals surface area contributed by atoms with Crippen molar-refractivity contribution in [3.8, 4) is 5.75 Å². The predicted molar refractivity (Wildman–Crippen MR) is 103 cm³/mol. The van der Waals surface area contributed by atoms with E-state index in [0.717, 1.165) is 12.2 Å². The summed E-state index contributed by atoms with van der Waals surface area (Å²) in [6.45, 7) is 4.56. The molecule has 3 heteroatoms. The molecule has 1 aliphatic rings. The Balaban J connectivity index is 2.02. The van der Waals surface area contributed by atoms with Gasteiger partial charge in [0.2, 0.25) is 0 Å². The number of nitrogens with one attached hydrogen (secondary N) is 1. The van der Waals surface area contributed by atoms with Crippen molar-refractivity contribution in [1.29, 1.82) is 0 Å². The second-order valence-corrected chi connectivity index (χ2v) is 7.75. The first-order valence-corrected chi connectivity index (χ1v) is 9.94. The molecular weight excluding hydrogens is 314 g/mol. The van der Waals surface area contributed by atoms with E-state index in [0.29, 0.717) is 5.75 Å². The minimum atomic E-state index is 0.155. The zero-order chi connectivity index (χ0) is 17.0. The lowest BCUT2D eigenvalue weighted by atomic mass is 9.88. The minimum absolute atomic E-state index is 0.155. The zero-order valence-corrected chi connectivity index (χ0v) is 15.4. The molecule has 0 radical (unpaired) electrons. The molecule has 1 heterocycles. The highest BCUT2D eigenvalue weighted by molar-refractivity contribution is 7.99. The van der Waals surface area contributed by atoms with Gasteiger partial charge in [-0.1, -0.05) is 57.0 Å². The Hall–Kier alpha value is -1.45. The summed E-state index contributed by atoms with van der Waals surface area (Å²) in [5.74, 6) is 1.43. The molecule has 1 aliphatic heterocycles. The van der Waals surface area contributed by atoms with Gasteiger partial charge in [-0.2, -0.15) is 0 Å². The Morgan fingerprint density at radius 3 is 2.58 bits per heavy atom. The average molecular weight is 342 g/mol. The number of rotatable bonds is 5. The van der Waals surface area contributed by atoms with E-state index in [2.05, 4.69) is 43.4 Å². The third-order valence-electron chi connectivity index (χ3n) is 5.10. The van der Waals surface area contributed by atoms with Gasteiger partial charge in [-0.05, 0) is 42.2 Å². The maximum absolute atomic E-state index is 9.65. The summed E-state index contributed by atoms with van der Waals surface area (Å²) in [7, 11) is 0. The van der Waals surface area contributed by atoms with E-state index in [9.17, 15) is 5.11 Å². The van der Waals surface area contributed by atoms with E-state index in [-0.39, 0.29) is 11.6 Å². The summed E-state index contributed by atoms with van der Waals surface area (Å²) in [4.78, 5) is 1.37. The van der Waals surface area contributed by atoms with Crippen LogP contribution < -0.4 is 5.32 Å². The van der Waals surface area contributed by atoms with E-state index in [1.54, 1.807) is 12.1 Å². The van der Waals surface area contributed by atoms with Gasteiger partial charge in [0.15, 0.2) is 0 Å². The fourth-order valence-electron chi connectivity index (χ4n) is 3.46. The van der Waals surface area contributed by atoms with E-state index in [1.165, 1.54) is 35.3 Å². The standard InChI is InChI=1S/C21H27NOS/c1-3-5-14-21(4-2)15-24-19-9-7-6-8-18(19)20(22-21)16-10-12-17(23)13-11-16/h6-13,20,22-23H,3-5,14-15H2,1-2H3/t20-,21-/m0/s1. The highest BCUT2D eigenvalue weighted by Gasteiger charge is 2.35. The number of hydrogen-bond acceptors (Lipinski definition) is 3. The van der Waals surface area contributed by atoms with Gasteiger partial charge in [0.1, 0.15) is 5.75 Å². The number of unbranched alkanes of at least 4 members (excludes halogenated alkanes) is 1. The van der Waals surface area contributed by atoms with E-state index in [4.69, 9.17) is 0 Å². The number of hydrogen-bond donors (Lipinski definition) is 2. The maximum atomic E-state index is 9.65. The van der Waals surface area contributed by atoms with Gasteiger partial charge in [0.25, 0.3) is 0 Å². The summed E-state index contributed by atoms with van der Waals surface area (Å²) in [5.41, 5.74) is 2.72. The molecule has 0 amide bonds. The fraction of sp³-hybridized carbons (Fsp3) is 0.429. The Bertz CT molecular complexity index is 670. The van der Waals surface area contributed by atoms with Gasteiger partial charge < -0.3 is 5.11 Å². The molecule has 0 bridgehead atoms. The summed E-state index contributed by atoms with van der Waals surface area (Å²) in [5, 5.41) is 13.6. The van der Waals surface area contributed by atoms with Crippen molar-refractivity contribution in [2.24, 2.45) is 0 Å². The van der Waals surface area contributed by atoms with Crippen LogP contribution in [0.25, 0.3) is 0 Å². The summed E-state index contributed by atoms with van der Waals surface area (Å²) >= 11 is 1.98. The largest absolute Gasteiger partial charge is 0.508 e. The lowest BCUT2D eigenvalue weighted by Crippen LogP contribution is -2.48. The monoisotopic (exact) mass is 341 g/mol. The quantitative estimate of drug-likeness (QED) is 0.751. The van der Waals surface area contributed by atoms with Crippen molar-refractivity contribution in [3.05, 3.63) is 59.7 Å². The van der Waals surface area contributed by atoms with Crippen LogP contribution >= 0.6 is 11.8 Å². The average Bonchev–Trinajstić information content (AvgIpc) is 2.79. The molecule has 2 nitrogen and oxygen atoms in total. The van der Waals surface area contributed by atoms with E-state index < -0.39 is 0 Å². The summed E-state index contributed by atoms with van der Waals surface area (Å²) < 4.78 is 0. The van der Waals surface area contributed by atoms with Crippen LogP contribution in [0.5, 0.6) is 5.75 Å². The molecule has 0 aliphatic carbocycles. The lowest BCUT2D eigenvalue weighted by Gasteiger charge is -2.36. The van der Waals surface area contributed by atoms with Crippen LogP contribution in [0.3, 0.4) is 0 Å². The van der Waals surface area contributed by atoms with Gasteiger partial charge in [-0.25, -0.2) is 0 Å². The smallest absolute Gasteiger partial charge is 0.115 e. The number of thioether (sulfide) groups is 1. The first-order chi connectivity index (χ1) is 11.7. The van der Waals surface area contributed by atoms with Crippen LogP contribution in [0.1, 0.15) is 56.7 Å². The Labute approximate surface area is 149 Å². The highest BCUT2D eigenvalue weighted by atomic mass is 32.2. The van der Waals surface area contributed by atoms with Gasteiger partial charge in [0, 0.05) is 16.2 Å². The van der Waals surface area contributed by atoms with Gasteiger partial charge in [-0.3, -0.25) is 5.32 Å². The topological polar surface area (TPSA) is 32.3 Å². The molecule has 0 aromatic heterocycles. The third kappa shape index (κ3) is 3.62. The molecule has 2 aromatic carbocycles.